The van der Waals surface area contributed by atoms with Gasteiger partial charge in [0, 0.05) is 22.7 Å². The first-order valence-electron chi connectivity index (χ1n) is 9.43. The maximum absolute atomic E-state index is 12.8. The first-order chi connectivity index (χ1) is 14.1. The molecule has 1 atom stereocenters. The largest absolute Gasteiger partial charge is 0.497 e. The molecule has 0 amide bonds. The van der Waals surface area contributed by atoms with E-state index in [0.29, 0.717) is 12.0 Å². The number of ether oxygens (including phenoxy) is 1. The summed E-state index contributed by atoms with van der Waals surface area (Å²) < 4.78 is 7.98. The quantitative estimate of drug-likeness (QED) is 0.439. The first kappa shape index (κ1) is 18.1. The summed E-state index contributed by atoms with van der Waals surface area (Å²) in [6, 6.07) is 16.0. The lowest BCUT2D eigenvalue weighted by atomic mass is 9.82. The third kappa shape index (κ3) is 3.23. The van der Waals surface area contributed by atoms with Crippen LogP contribution in [0.3, 0.4) is 0 Å². The highest BCUT2D eigenvalue weighted by atomic mass is 79.9. The Morgan fingerprint density at radius 3 is 2.52 bits per heavy atom. The first-order valence-corrected chi connectivity index (χ1v) is 10.2. The lowest BCUT2D eigenvalue weighted by Crippen LogP contribution is -2.21. The molecule has 2 aromatic carbocycles. The van der Waals surface area contributed by atoms with Gasteiger partial charge in [-0.3, -0.25) is 4.79 Å². The fraction of sp³-hybridized carbons (Fsp3) is 0.174. The van der Waals surface area contributed by atoms with E-state index < -0.39 is 0 Å². The van der Waals surface area contributed by atoms with Crippen LogP contribution < -0.4 is 4.74 Å². The highest BCUT2D eigenvalue weighted by Gasteiger charge is 2.28. The molecule has 1 unspecified atom stereocenters. The number of benzene rings is 2. The summed E-state index contributed by atoms with van der Waals surface area (Å²) in [6.07, 6.45) is 4.84. The Hall–Kier alpha value is -2.99. The molecular weight excluding hydrogens is 430 g/mol. The Kier molecular flexibility index (Phi) is 4.43. The van der Waals surface area contributed by atoms with Crippen LogP contribution in [-0.2, 0) is 6.42 Å². The van der Waals surface area contributed by atoms with Crippen molar-refractivity contribution >= 4 is 27.4 Å². The van der Waals surface area contributed by atoms with Crippen molar-refractivity contribution in [2.45, 2.75) is 18.8 Å². The van der Waals surface area contributed by atoms with E-state index in [4.69, 9.17) is 9.72 Å². The number of ketones is 1. The van der Waals surface area contributed by atoms with Gasteiger partial charge in [-0.2, -0.15) is 5.10 Å². The molecule has 5 nitrogen and oxygen atoms in total. The van der Waals surface area contributed by atoms with Gasteiger partial charge in [0.2, 0.25) is 0 Å². The molecule has 0 N–H and O–H groups in total. The van der Waals surface area contributed by atoms with E-state index in [1.54, 1.807) is 11.6 Å². The Bertz CT molecular complexity index is 1210. The zero-order chi connectivity index (χ0) is 20.0. The van der Waals surface area contributed by atoms with Gasteiger partial charge in [0.25, 0.3) is 0 Å². The standard InChI is InChI=1S/C23H18BrN3O2/c1-29-18-8-4-14(5-9-18)16-10-21-20(22(28)11-16)13-27-23(26-21)19(12-25-27)15-2-6-17(24)7-3-15/h2-9,12-13,16H,10-11H2,1H3. The fourth-order valence-electron chi connectivity index (χ4n) is 3.92. The average Bonchev–Trinajstić information content (AvgIpc) is 3.16. The van der Waals surface area contributed by atoms with E-state index in [2.05, 4.69) is 21.0 Å². The van der Waals surface area contributed by atoms with Crippen molar-refractivity contribution in [1.29, 1.82) is 0 Å². The van der Waals surface area contributed by atoms with Gasteiger partial charge in [-0.05, 0) is 47.7 Å². The van der Waals surface area contributed by atoms with Crippen LogP contribution in [0.15, 0.2) is 65.4 Å². The molecule has 0 saturated heterocycles. The fourth-order valence-corrected chi connectivity index (χ4v) is 4.18. The molecule has 5 rings (SSSR count). The maximum atomic E-state index is 12.8. The summed E-state index contributed by atoms with van der Waals surface area (Å²) in [4.78, 5) is 17.7. The molecule has 0 saturated carbocycles. The number of hydrogen-bond donors (Lipinski definition) is 0. The van der Waals surface area contributed by atoms with Crippen LogP contribution in [0.5, 0.6) is 5.75 Å². The molecule has 4 aromatic rings. The highest BCUT2D eigenvalue weighted by molar-refractivity contribution is 9.10. The molecule has 0 radical (unpaired) electrons. The van der Waals surface area contributed by atoms with Crippen molar-refractivity contribution in [2.24, 2.45) is 0 Å². The van der Waals surface area contributed by atoms with Crippen molar-refractivity contribution in [3.63, 3.8) is 0 Å². The lowest BCUT2D eigenvalue weighted by Gasteiger charge is -2.23. The van der Waals surface area contributed by atoms with Crippen LogP contribution >= 0.6 is 15.9 Å². The predicted octanol–water partition coefficient (Wildman–Crippen LogP) is 5.08. The summed E-state index contributed by atoms with van der Waals surface area (Å²) in [7, 11) is 1.65. The third-order valence-corrected chi connectivity index (χ3v) is 6.02. The van der Waals surface area contributed by atoms with Crippen molar-refractivity contribution in [3.8, 4) is 16.9 Å². The second-order valence-corrected chi connectivity index (χ2v) is 8.15. The van der Waals surface area contributed by atoms with Crippen LogP contribution in [0.2, 0.25) is 0 Å². The summed E-state index contributed by atoms with van der Waals surface area (Å²) in [5.74, 6) is 1.05. The van der Waals surface area contributed by atoms with E-state index in [9.17, 15) is 4.79 Å². The topological polar surface area (TPSA) is 56.5 Å². The van der Waals surface area contributed by atoms with Gasteiger partial charge < -0.3 is 4.74 Å². The van der Waals surface area contributed by atoms with Gasteiger partial charge in [-0.15, -0.1) is 0 Å². The molecule has 0 spiro atoms. The molecule has 0 fully saturated rings. The lowest BCUT2D eigenvalue weighted by molar-refractivity contribution is 0.0962. The molecule has 2 heterocycles. The molecular formula is C23H18BrN3O2. The summed E-state index contributed by atoms with van der Waals surface area (Å²) in [5.41, 5.74) is 5.42. The third-order valence-electron chi connectivity index (χ3n) is 5.49. The smallest absolute Gasteiger partial charge is 0.166 e. The van der Waals surface area contributed by atoms with E-state index in [-0.39, 0.29) is 11.7 Å². The van der Waals surface area contributed by atoms with Gasteiger partial charge in [-0.25, -0.2) is 9.50 Å². The van der Waals surface area contributed by atoms with Crippen molar-refractivity contribution in [2.75, 3.05) is 7.11 Å². The van der Waals surface area contributed by atoms with Crippen molar-refractivity contribution in [1.82, 2.24) is 14.6 Å². The van der Waals surface area contributed by atoms with E-state index in [1.807, 2.05) is 60.9 Å². The molecule has 1 aliphatic rings. The van der Waals surface area contributed by atoms with Crippen LogP contribution in [0.4, 0.5) is 0 Å². The monoisotopic (exact) mass is 447 g/mol. The van der Waals surface area contributed by atoms with E-state index >= 15 is 0 Å². The van der Waals surface area contributed by atoms with E-state index in [0.717, 1.165) is 44.7 Å². The van der Waals surface area contributed by atoms with Crippen LogP contribution in [0.25, 0.3) is 16.8 Å². The van der Waals surface area contributed by atoms with Crippen molar-refractivity contribution in [3.05, 3.63) is 82.2 Å². The number of rotatable bonds is 3. The molecule has 2 aromatic heterocycles. The number of carbonyl (C=O) groups is 1. The van der Waals surface area contributed by atoms with Crippen molar-refractivity contribution < 1.29 is 9.53 Å². The summed E-state index contributed by atoms with van der Waals surface area (Å²) in [5, 5.41) is 4.43. The molecule has 144 valence electrons. The molecule has 0 bridgehead atoms. The molecule has 29 heavy (non-hydrogen) atoms. The number of methoxy groups -OCH3 is 1. The normalized spacial score (nSPS) is 16.1. The summed E-state index contributed by atoms with van der Waals surface area (Å²) >= 11 is 3.47. The second-order valence-electron chi connectivity index (χ2n) is 7.24. The minimum Gasteiger partial charge on any atom is -0.497 e. The molecule has 1 aliphatic carbocycles. The summed E-state index contributed by atoms with van der Waals surface area (Å²) in [6.45, 7) is 0. The maximum Gasteiger partial charge on any atom is 0.166 e. The number of hydrogen-bond acceptors (Lipinski definition) is 4. The Morgan fingerprint density at radius 1 is 1.03 bits per heavy atom. The average molecular weight is 448 g/mol. The zero-order valence-electron chi connectivity index (χ0n) is 15.8. The number of fused-ring (bicyclic) bond motifs is 2. The minimum absolute atomic E-state index is 0.113. The number of halogens is 1. The van der Waals surface area contributed by atoms with Gasteiger partial charge in [-0.1, -0.05) is 40.2 Å². The Morgan fingerprint density at radius 2 is 1.79 bits per heavy atom. The van der Waals surface area contributed by atoms with E-state index in [1.165, 1.54) is 0 Å². The number of nitrogens with zero attached hydrogens (tertiary/aromatic N) is 3. The van der Waals surface area contributed by atoms with Gasteiger partial charge >= 0.3 is 0 Å². The SMILES string of the molecule is COc1ccc(C2CC(=O)c3cn4ncc(-c5ccc(Br)cc5)c4nc3C2)cc1. The number of carbonyl (C=O) groups excluding carboxylic acids is 1. The van der Waals surface area contributed by atoms with Gasteiger partial charge in [0.05, 0.1) is 24.6 Å². The van der Waals surface area contributed by atoms with Crippen LogP contribution in [0.1, 0.15) is 34.0 Å². The highest BCUT2D eigenvalue weighted by Crippen LogP contribution is 2.34. The van der Waals surface area contributed by atoms with Gasteiger partial charge in [0.1, 0.15) is 5.75 Å². The predicted molar refractivity (Wildman–Crippen MR) is 115 cm³/mol. The molecule has 6 heteroatoms. The van der Waals surface area contributed by atoms with Gasteiger partial charge in [0.15, 0.2) is 11.4 Å². The minimum atomic E-state index is 0.113. The Labute approximate surface area is 176 Å². The Balaban J connectivity index is 1.55. The zero-order valence-corrected chi connectivity index (χ0v) is 17.4. The second kappa shape index (κ2) is 7.12. The van der Waals surface area contributed by atoms with Crippen LogP contribution in [0, 0.1) is 0 Å². The number of Topliss-reactive ketones (excluding diaryl/α,β-unsaturated/α-hetero) is 1. The molecule has 0 aliphatic heterocycles. The van der Waals surface area contributed by atoms with Crippen LogP contribution in [-0.4, -0.2) is 27.5 Å². The number of aromatic nitrogens is 3.